The largest absolute Gasteiger partial charge is 0.367 e. The van der Waals surface area contributed by atoms with Crippen LogP contribution in [0.3, 0.4) is 0 Å². The maximum Gasteiger partial charge on any atom is 0.235 e. The molecule has 0 atom stereocenters. The number of rotatable bonds is 7. The molecule has 6 heterocycles. The van der Waals surface area contributed by atoms with Crippen LogP contribution in [-0.4, -0.2) is 92.7 Å². The van der Waals surface area contributed by atoms with E-state index in [0.717, 1.165) is 58.7 Å². The Hall–Kier alpha value is -4.15. The van der Waals surface area contributed by atoms with Gasteiger partial charge in [0.2, 0.25) is 10.4 Å². The van der Waals surface area contributed by atoms with Gasteiger partial charge in [-0.1, -0.05) is 18.3 Å². The summed E-state index contributed by atoms with van der Waals surface area (Å²) >= 11 is 1.17. The number of aromatic nitrogens is 6. The summed E-state index contributed by atoms with van der Waals surface area (Å²) in [5.41, 5.74) is 2.22. The van der Waals surface area contributed by atoms with Crippen molar-refractivity contribution in [2.24, 2.45) is 0 Å². The van der Waals surface area contributed by atoms with E-state index in [4.69, 9.17) is 5.10 Å². The van der Waals surface area contributed by atoms with E-state index in [1.54, 1.807) is 18.5 Å². The fourth-order valence-electron chi connectivity index (χ4n) is 7.58. The molecule has 0 unspecified atom stereocenters. The number of fused-ring (bicyclic) bond motifs is 3. The first-order valence-corrected chi connectivity index (χ1v) is 18.6. The van der Waals surface area contributed by atoms with Crippen molar-refractivity contribution >= 4 is 74.3 Å². The zero-order valence-corrected chi connectivity index (χ0v) is 31.8. The highest BCUT2D eigenvalue weighted by Gasteiger charge is 2.29. The Morgan fingerprint density at radius 1 is 0.774 bits per heavy atom. The lowest BCUT2D eigenvalue weighted by Gasteiger charge is -2.35. The minimum atomic E-state index is -0.437. The Bertz CT molecular complexity index is 2470. The molecule has 2 aromatic carbocycles. The number of anilines is 2. The van der Waals surface area contributed by atoms with Crippen molar-refractivity contribution in [3.63, 3.8) is 0 Å². The van der Waals surface area contributed by atoms with E-state index in [2.05, 4.69) is 36.8 Å². The highest BCUT2D eigenvalue weighted by molar-refractivity contribution is 7.19. The van der Waals surface area contributed by atoms with Crippen molar-refractivity contribution in [1.29, 1.82) is 0 Å². The Kier molecular flexibility index (Phi) is 10.2. The lowest BCUT2D eigenvalue weighted by atomic mass is 10.1. The van der Waals surface area contributed by atoms with Gasteiger partial charge in [-0.2, -0.15) is 9.61 Å². The fourth-order valence-corrected chi connectivity index (χ4v) is 8.42. The van der Waals surface area contributed by atoms with Gasteiger partial charge in [0.25, 0.3) is 0 Å². The van der Waals surface area contributed by atoms with E-state index in [1.807, 2.05) is 22.5 Å². The number of nitrogens with zero attached hydrogens (tertiary/aromatic N) is 9. The zero-order valence-electron chi connectivity index (χ0n) is 29.3. The number of hydrogen-bond acceptors (Lipinski definition) is 10. The Labute approximate surface area is 319 Å². The summed E-state index contributed by atoms with van der Waals surface area (Å²) < 4.78 is 36.8. The molecule has 1 N–H and O–H groups in total. The van der Waals surface area contributed by atoms with Gasteiger partial charge < -0.3 is 29.2 Å². The van der Waals surface area contributed by atoms with Gasteiger partial charge in [-0.25, -0.2) is 8.78 Å². The molecule has 12 nitrogen and oxygen atoms in total. The maximum atomic E-state index is 15.8. The molecular formula is C36H40Cl2F2N10O2S. The summed E-state index contributed by atoms with van der Waals surface area (Å²) in [6.45, 7) is 11.7. The van der Waals surface area contributed by atoms with Gasteiger partial charge >= 0.3 is 0 Å². The highest BCUT2D eigenvalue weighted by Crippen LogP contribution is 2.39. The van der Waals surface area contributed by atoms with Crippen molar-refractivity contribution in [3.05, 3.63) is 68.7 Å². The van der Waals surface area contributed by atoms with Gasteiger partial charge in [0.05, 0.1) is 33.5 Å². The number of piperazine rings is 2. The number of halogens is 4. The van der Waals surface area contributed by atoms with E-state index >= 15 is 8.78 Å². The summed E-state index contributed by atoms with van der Waals surface area (Å²) in [7, 11) is 0. The average Bonchev–Trinajstić information content (AvgIpc) is 3.80. The molecule has 0 bridgehead atoms. The predicted octanol–water partition coefficient (Wildman–Crippen LogP) is 5.18. The van der Waals surface area contributed by atoms with Gasteiger partial charge in [0.1, 0.15) is 11.6 Å². The standard InChI is InChI=1S/C36H38F2N10O2S.2ClH/c1-3-43-11-13-46(14-12-43)31-18-29-23(16-27(31)38)32(49)24(20-47(29)21-5-6-21)34-40-41-36-48(34)42-35(51-36)25-19-44(4-2)28-17-30(45-9-7-39-8-10-45)26(37)15-22(28)33(25)50;;/h15-21,39H,3-14H2,1-2H3;2*1H. The summed E-state index contributed by atoms with van der Waals surface area (Å²) in [5, 5.41) is 17.6. The molecule has 3 aliphatic rings. The highest BCUT2D eigenvalue weighted by atomic mass is 35.5. The molecule has 17 heteroatoms. The number of pyridine rings is 2. The molecule has 1 aliphatic carbocycles. The number of benzene rings is 2. The SMILES string of the molecule is CCN1CCN(c2cc3c(cc2F)c(=O)c(-c2nnc4sc(-c5cn(CC)c6cc(N7CCNCC7)c(F)cc6c5=O)nn24)cn3C2CC2)CC1.Cl.Cl. The molecule has 2 saturated heterocycles. The van der Waals surface area contributed by atoms with E-state index in [0.29, 0.717) is 57.6 Å². The van der Waals surface area contributed by atoms with Crippen LogP contribution in [0.25, 0.3) is 48.7 Å². The molecule has 53 heavy (non-hydrogen) atoms. The van der Waals surface area contributed by atoms with Gasteiger partial charge in [-0.05, 0) is 50.6 Å². The molecule has 1 saturated carbocycles. The smallest absolute Gasteiger partial charge is 0.235 e. The molecule has 280 valence electrons. The first-order valence-electron chi connectivity index (χ1n) is 17.7. The Morgan fingerprint density at radius 2 is 1.40 bits per heavy atom. The third-order valence-electron chi connectivity index (χ3n) is 10.6. The van der Waals surface area contributed by atoms with Gasteiger partial charge in [-0.15, -0.1) is 35.0 Å². The molecule has 0 amide bonds. The molecule has 0 radical (unpaired) electrons. The van der Waals surface area contributed by atoms with Gasteiger partial charge in [-0.3, -0.25) is 9.59 Å². The molecule has 4 aromatic heterocycles. The number of likely N-dealkylation sites (N-methyl/N-ethyl adjacent to an activating group) is 1. The first-order chi connectivity index (χ1) is 24.8. The second-order valence-electron chi connectivity index (χ2n) is 13.6. The third kappa shape index (κ3) is 6.35. The van der Waals surface area contributed by atoms with Crippen molar-refractivity contribution in [1.82, 2.24) is 39.2 Å². The second-order valence-corrected chi connectivity index (χ2v) is 14.5. The van der Waals surface area contributed by atoms with E-state index in [9.17, 15) is 9.59 Å². The van der Waals surface area contributed by atoms with Crippen LogP contribution in [0, 0.1) is 11.6 Å². The monoisotopic (exact) mass is 784 g/mol. The van der Waals surface area contributed by atoms with Crippen molar-refractivity contribution in [3.8, 4) is 22.0 Å². The maximum absolute atomic E-state index is 15.8. The topological polar surface area (TPSA) is 109 Å². The average molecular weight is 786 g/mol. The summed E-state index contributed by atoms with van der Waals surface area (Å²) in [6.07, 6.45) is 5.47. The molecule has 0 spiro atoms. The quantitative estimate of drug-likeness (QED) is 0.235. The zero-order chi connectivity index (χ0) is 35.0. The molecule has 9 rings (SSSR count). The molecule has 6 aromatic rings. The van der Waals surface area contributed by atoms with Crippen LogP contribution in [-0.2, 0) is 6.54 Å². The van der Waals surface area contributed by atoms with E-state index in [1.165, 1.54) is 28.0 Å². The normalized spacial score (nSPS) is 16.8. The third-order valence-corrected chi connectivity index (χ3v) is 11.5. The predicted molar refractivity (Wildman–Crippen MR) is 211 cm³/mol. The first kappa shape index (κ1) is 37.2. The van der Waals surface area contributed by atoms with Gasteiger partial charge in [0, 0.05) is 88.1 Å². The Morgan fingerprint density at radius 3 is 2.04 bits per heavy atom. The number of nitrogens with one attached hydrogen (secondary N) is 1. The molecule has 3 fully saturated rings. The van der Waals surface area contributed by atoms with Crippen molar-refractivity contribution in [2.75, 3.05) is 68.7 Å². The summed E-state index contributed by atoms with van der Waals surface area (Å²) in [5.74, 6) is -0.642. The molecule has 2 aliphatic heterocycles. The summed E-state index contributed by atoms with van der Waals surface area (Å²) in [4.78, 5) is 34.9. The van der Waals surface area contributed by atoms with E-state index in [-0.39, 0.29) is 63.9 Å². The summed E-state index contributed by atoms with van der Waals surface area (Å²) in [6, 6.07) is 6.48. The van der Waals surface area contributed by atoms with Crippen LogP contribution in [0.5, 0.6) is 0 Å². The number of aryl methyl sites for hydroxylation is 1. The van der Waals surface area contributed by atoms with Crippen LogP contribution in [0.2, 0.25) is 0 Å². The Balaban J connectivity index is 0.00000218. The number of hydrogen-bond donors (Lipinski definition) is 1. The van der Waals surface area contributed by atoms with Crippen LogP contribution < -0.4 is 26.0 Å². The van der Waals surface area contributed by atoms with Crippen LogP contribution in [0.1, 0.15) is 32.7 Å². The van der Waals surface area contributed by atoms with Crippen LogP contribution >= 0.6 is 36.2 Å². The fraction of sp³-hybridized carbons (Fsp3) is 0.417. The van der Waals surface area contributed by atoms with Crippen molar-refractivity contribution < 1.29 is 8.78 Å². The lowest BCUT2D eigenvalue weighted by Crippen LogP contribution is -2.46. The van der Waals surface area contributed by atoms with Gasteiger partial charge in [0.15, 0.2) is 16.3 Å². The molecular weight excluding hydrogens is 745 g/mol. The minimum absolute atomic E-state index is 0. The van der Waals surface area contributed by atoms with Crippen molar-refractivity contribution in [2.45, 2.75) is 39.3 Å². The lowest BCUT2D eigenvalue weighted by molar-refractivity contribution is 0.270. The second kappa shape index (κ2) is 14.6. The van der Waals surface area contributed by atoms with Crippen LogP contribution in [0.4, 0.5) is 20.2 Å². The van der Waals surface area contributed by atoms with E-state index < -0.39 is 11.6 Å². The minimum Gasteiger partial charge on any atom is -0.367 e. The van der Waals surface area contributed by atoms with Crippen LogP contribution in [0.15, 0.2) is 46.2 Å².